The van der Waals surface area contributed by atoms with E-state index in [0.29, 0.717) is 28.0 Å². The molecule has 3 rings (SSSR count). The highest BCUT2D eigenvalue weighted by atomic mass is 35.5. The van der Waals surface area contributed by atoms with Crippen LogP contribution >= 0.6 is 12.4 Å². The van der Waals surface area contributed by atoms with Gasteiger partial charge in [0, 0.05) is 23.3 Å². The fourth-order valence-corrected chi connectivity index (χ4v) is 2.24. The Bertz CT molecular complexity index is 941. The molecule has 4 nitrogen and oxygen atoms in total. The van der Waals surface area contributed by atoms with Crippen LogP contribution < -0.4 is 10.1 Å². The number of nitrogens with zero attached hydrogens (tertiary/aromatic N) is 2. The standard InChI is InChI=1S/C17H11F2N3O.ClH/c1-23-12-3-5-16-13(7-12)17(10(8-20)9-21-16)22-11-2-4-14(18)15(19)6-11;/h2-7,9H,1H3,(H,21,22);1H. The van der Waals surface area contributed by atoms with Crippen LogP contribution in [0.4, 0.5) is 20.2 Å². The van der Waals surface area contributed by atoms with E-state index in [4.69, 9.17) is 4.74 Å². The zero-order chi connectivity index (χ0) is 16.4. The summed E-state index contributed by atoms with van der Waals surface area (Å²) in [6, 6.07) is 10.7. The van der Waals surface area contributed by atoms with Gasteiger partial charge in [0.05, 0.1) is 23.9 Å². The molecule has 7 heteroatoms. The molecule has 0 saturated heterocycles. The number of hydrogen-bond donors (Lipinski definition) is 1. The van der Waals surface area contributed by atoms with Crippen LogP contribution in [0.15, 0.2) is 42.6 Å². The lowest BCUT2D eigenvalue weighted by Gasteiger charge is -2.12. The molecular weight excluding hydrogens is 336 g/mol. The summed E-state index contributed by atoms with van der Waals surface area (Å²) >= 11 is 0. The van der Waals surface area contributed by atoms with Gasteiger partial charge in [-0.25, -0.2) is 8.78 Å². The highest BCUT2D eigenvalue weighted by Crippen LogP contribution is 2.31. The number of halogens is 3. The van der Waals surface area contributed by atoms with Gasteiger partial charge in [0.1, 0.15) is 11.8 Å². The van der Waals surface area contributed by atoms with Crippen molar-refractivity contribution >= 4 is 34.7 Å². The Morgan fingerprint density at radius 1 is 1.12 bits per heavy atom. The highest BCUT2D eigenvalue weighted by Gasteiger charge is 2.11. The van der Waals surface area contributed by atoms with Crippen LogP contribution in [0.5, 0.6) is 5.75 Å². The molecule has 0 aliphatic heterocycles. The van der Waals surface area contributed by atoms with E-state index in [0.717, 1.165) is 12.1 Å². The Hall–Kier alpha value is -2.91. The summed E-state index contributed by atoms with van der Waals surface area (Å²) in [5.41, 5.74) is 1.73. The van der Waals surface area contributed by atoms with Gasteiger partial charge in [0.2, 0.25) is 0 Å². The lowest BCUT2D eigenvalue weighted by Crippen LogP contribution is -1.98. The Labute approximate surface area is 143 Å². The number of nitriles is 1. The Morgan fingerprint density at radius 2 is 1.92 bits per heavy atom. The van der Waals surface area contributed by atoms with Gasteiger partial charge in [-0.1, -0.05) is 0 Å². The average molecular weight is 348 g/mol. The van der Waals surface area contributed by atoms with Crippen molar-refractivity contribution in [3.8, 4) is 11.8 Å². The minimum absolute atomic E-state index is 0. The maximum absolute atomic E-state index is 13.4. The van der Waals surface area contributed by atoms with Crippen molar-refractivity contribution in [3.63, 3.8) is 0 Å². The van der Waals surface area contributed by atoms with E-state index in [2.05, 4.69) is 10.3 Å². The number of methoxy groups -OCH3 is 1. The topological polar surface area (TPSA) is 57.9 Å². The third-order valence-corrected chi connectivity index (χ3v) is 3.38. The number of ether oxygens (including phenoxy) is 1. The third kappa shape index (κ3) is 3.21. The van der Waals surface area contributed by atoms with Gasteiger partial charge in [-0.3, -0.25) is 4.98 Å². The SMILES string of the molecule is COc1ccc2ncc(C#N)c(Nc3ccc(F)c(F)c3)c2c1.Cl. The predicted molar refractivity (Wildman–Crippen MR) is 89.9 cm³/mol. The number of rotatable bonds is 3. The van der Waals surface area contributed by atoms with E-state index in [1.807, 2.05) is 6.07 Å². The molecule has 0 radical (unpaired) electrons. The first kappa shape index (κ1) is 17.4. The lowest BCUT2D eigenvalue weighted by atomic mass is 10.1. The molecular formula is C17H12ClF2N3O. The Kier molecular flexibility index (Phi) is 5.17. The first-order chi connectivity index (χ1) is 11.1. The summed E-state index contributed by atoms with van der Waals surface area (Å²) in [7, 11) is 1.53. The number of anilines is 2. The largest absolute Gasteiger partial charge is 0.497 e. The molecule has 0 bridgehead atoms. The predicted octanol–water partition coefficient (Wildman–Crippen LogP) is 4.56. The second-order valence-electron chi connectivity index (χ2n) is 4.80. The van der Waals surface area contributed by atoms with Crippen molar-refractivity contribution in [2.75, 3.05) is 12.4 Å². The second-order valence-corrected chi connectivity index (χ2v) is 4.80. The minimum atomic E-state index is -0.968. The average Bonchev–Trinajstić information content (AvgIpc) is 2.58. The fraction of sp³-hybridized carbons (Fsp3) is 0.0588. The second kappa shape index (κ2) is 7.11. The zero-order valence-corrected chi connectivity index (χ0v) is 13.3. The maximum atomic E-state index is 13.4. The molecule has 0 atom stereocenters. The molecule has 1 N–H and O–H groups in total. The van der Waals surface area contributed by atoms with Crippen molar-refractivity contribution in [1.29, 1.82) is 5.26 Å². The van der Waals surface area contributed by atoms with E-state index in [9.17, 15) is 14.0 Å². The first-order valence-electron chi connectivity index (χ1n) is 6.71. The molecule has 0 aliphatic rings. The molecule has 1 heterocycles. The van der Waals surface area contributed by atoms with E-state index in [1.54, 1.807) is 18.2 Å². The van der Waals surface area contributed by atoms with Crippen LogP contribution in [-0.2, 0) is 0 Å². The Balaban J connectivity index is 0.00000208. The van der Waals surface area contributed by atoms with Gasteiger partial charge >= 0.3 is 0 Å². The molecule has 122 valence electrons. The van der Waals surface area contributed by atoms with Crippen LogP contribution in [0.25, 0.3) is 10.9 Å². The summed E-state index contributed by atoms with van der Waals surface area (Å²) in [6.45, 7) is 0. The van der Waals surface area contributed by atoms with Gasteiger partial charge in [-0.05, 0) is 30.3 Å². The van der Waals surface area contributed by atoms with Gasteiger partial charge < -0.3 is 10.1 Å². The quantitative estimate of drug-likeness (QED) is 0.754. The van der Waals surface area contributed by atoms with Crippen LogP contribution in [-0.4, -0.2) is 12.1 Å². The smallest absolute Gasteiger partial charge is 0.160 e. The number of aromatic nitrogens is 1. The molecule has 3 aromatic rings. The Morgan fingerprint density at radius 3 is 2.58 bits per heavy atom. The van der Waals surface area contributed by atoms with Crippen molar-refractivity contribution in [3.05, 3.63) is 59.8 Å². The minimum Gasteiger partial charge on any atom is -0.497 e. The molecule has 0 aliphatic carbocycles. The molecule has 1 aromatic heterocycles. The van der Waals surface area contributed by atoms with Crippen LogP contribution in [0.1, 0.15) is 5.56 Å². The van der Waals surface area contributed by atoms with Crippen LogP contribution in [0.3, 0.4) is 0 Å². The van der Waals surface area contributed by atoms with Crippen LogP contribution in [0, 0.1) is 23.0 Å². The van der Waals surface area contributed by atoms with Crippen molar-refractivity contribution in [2.45, 2.75) is 0 Å². The van der Waals surface area contributed by atoms with E-state index >= 15 is 0 Å². The molecule has 24 heavy (non-hydrogen) atoms. The number of pyridine rings is 1. The fourth-order valence-electron chi connectivity index (χ4n) is 2.24. The molecule has 0 spiro atoms. The molecule has 0 fully saturated rings. The summed E-state index contributed by atoms with van der Waals surface area (Å²) in [4.78, 5) is 4.21. The number of hydrogen-bond acceptors (Lipinski definition) is 4. The lowest BCUT2D eigenvalue weighted by molar-refractivity contribution is 0.415. The van der Waals surface area contributed by atoms with E-state index in [1.165, 1.54) is 19.4 Å². The summed E-state index contributed by atoms with van der Waals surface area (Å²) in [5, 5.41) is 12.9. The summed E-state index contributed by atoms with van der Waals surface area (Å²) in [5.74, 6) is -1.30. The molecule has 0 unspecified atom stereocenters. The van der Waals surface area contributed by atoms with Gasteiger partial charge in [-0.15, -0.1) is 12.4 Å². The van der Waals surface area contributed by atoms with Gasteiger partial charge in [0.25, 0.3) is 0 Å². The first-order valence-corrected chi connectivity index (χ1v) is 6.71. The zero-order valence-electron chi connectivity index (χ0n) is 12.5. The van der Waals surface area contributed by atoms with Gasteiger partial charge in [-0.2, -0.15) is 5.26 Å². The molecule has 0 saturated carbocycles. The summed E-state index contributed by atoms with van der Waals surface area (Å²) in [6.07, 6.45) is 1.43. The van der Waals surface area contributed by atoms with Gasteiger partial charge in [0.15, 0.2) is 11.6 Å². The van der Waals surface area contributed by atoms with Crippen LogP contribution in [0.2, 0.25) is 0 Å². The monoisotopic (exact) mass is 347 g/mol. The number of nitrogens with one attached hydrogen (secondary N) is 1. The molecule has 2 aromatic carbocycles. The number of benzene rings is 2. The number of fused-ring (bicyclic) bond motifs is 1. The maximum Gasteiger partial charge on any atom is 0.160 e. The van der Waals surface area contributed by atoms with Crippen molar-refractivity contribution < 1.29 is 13.5 Å². The van der Waals surface area contributed by atoms with Crippen molar-refractivity contribution in [1.82, 2.24) is 4.98 Å². The van der Waals surface area contributed by atoms with E-state index in [-0.39, 0.29) is 18.0 Å². The molecule has 0 amide bonds. The van der Waals surface area contributed by atoms with E-state index < -0.39 is 11.6 Å². The normalized spacial score (nSPS) is 9.92. The van der Waals surface area contributed by atoms with Crippen molar-refractivity contribution in [2.24, 2.45) is 0 Å². The third-order valence-electron chi connectivity index (χ3n) is 3.38. The summed E-state index contributed by atoms with van der Waals surface area (Å²) < 4.78 is 31.6. The highest BCUT2D eigenvalue weighted by molar-refractivity contribution is 5.96.